The molecule has 28 heavy (non-hydrogen) atoms. The second-order valence-corrected chi connectivity index (χ2v) is 7.02. The molecule has 7 nitrogen and oxygen atoms in total. The van der Waals surface area contributed by atoms with Crippen molar-refractivity contribution in [2.75, 3.05) is 6.54 Å². The molecule has 4 rings (SSSR count). The van der Waals surface area contributed by atoms with E-state index in [1.807, 2.05) is 30.4 Å². The summed E-state index contributed by atoms with van der Waals surface area (Å²) in [4.78, 5) is 12.5. The van der Waals surface area contributed by atoms with Crippen LogP contribution in [0.4, 0.5) is 4.79 Å². The molecule has 0 saturated carbocycles. The molecule has 2 amide bonds. The van der Waals surface area contributed by atoms with Gasteiger partial charge in [-0.25, -0.2) is 4.79 Å². The van der Waals surface area contributed by atoms with Crippen LogP contribution in [-0.2, 0) is 6.42 Å². The van der Waals surface area contributed by atoms with Crippen LogP contribution in [0.15, 0.2) is 71.4 Å². The fourth-order valence-electron chi connectivity index (χ4n) is 3.88. The molecule has 0 spiro atoms. The lowest BCUT2D eigenvalue weighted by Crippen LogP contribution is -2.47. The number of carbonyl (C=O) groups excluding carboxylic acids is 1. The number of benzene rings is 1. The Bertz CT molecular complexity index is 927. The maximum Gasteiger partial charge on any atom is 0.320 e. The molecule has 7 N–H and O–H groups in total. The lowest BCUT2D eigenvalue weighted by Gasteiger charge is -2.31. The molecule has 0 aromatic heterocycles. The normalized spacial score (nSPS) is 23.0. The largest absolute Gasteiger partial charge is 0.404 e. The van der Waals surface area contributed by atoms with Crippen LogP contribution >= 0.6 is 0 Å². The standard InChI is InChI=1S/C21H24N6O/c22-10-15(11-23)14-9-19-18(24-12-14)7-8-20(25-19)27-21(28)26-17-6-5-13-3-1-2-4-16(13)17/h1-4,7-11,17,19,22,24-25H,5-6,12,23H2,(H2,26,27,28)/t17-,19?/m0/s1. The second-order valence-electron chi connectivity index (χ2n) is 7.02. The van der Waals surface area contributed by atoms with Crippen LogP contribution in [0, 0.1) is 5.41 Å². The van der Waals surface area contributed by atoms with Crippen molar-refractivity contribution in [1.82, 2.24) is 21.3 Å². The zero-order valence-electron chi connectivity index (χ0n) is 15.5. The van der Waals surface area contributed by atoms with E-state index in [-0.39, 0.29) is 18.1 Å². The topological polar surface area (TPSA) is 115 Å². The maximum atomic E-state index is 12.5. The Balaban J connectivity index is 1.40. The smallest absolute Gasteiger partial charge is 0.320 e. The van der Waals surface area contributed by atoms with E-state index >= 15 is 0 Å². The van der Waals surface area contributed by atoms with E-state index in [2.05, 4.69) is 33.4 Å². The van der Waals surface area contributed by atoms with Crippen LogP contribution in [0.25, 0.3) is 0 Å². The van der Waals surface area contributed by atoms with Gasteiger partial charge in [-0.1, -0.05) is 30.3 Å². The molecule has 0 radical (unpaired) electrons. The average Bonchev–Trinajstić information content (AvgIpc) is 3.11. The van der Waals surface area contributed by atoms with Crippen molar-refractivity contribution in [3.8, 4) is 0 Å². The fourth-order valence-corrected chi connectivity index (χ4v) is 3.88. The summed E-state index contributed by atoms with van der Waals surface area (Å²) in [7, 11) is 0. The zero-order valence-corrected chi connectivity index (χ0v) is 15.5. The Morgan fingerprint density at radius 1 is 1.29 bits per heavy atom. The SMILES string of the molecule is N=CC(=CN)C1=CC2NC(NC(=O)N[C@H]3CCc4ccccc43)=CC=C2NC1. The van der Waals surface area contributed by atoms with Crippen LogP contribution in [-0.4, -0.2) is 24.8 Å². The number of urea groups is 1. The third-order valence-corrected chi connectivity index (χ3v) is 5.32. The van der Waals surface area contributed by atoms with Crippen LogP contribution in [0.1, 0.15) is 23.6 Å². The number of dihydropyridines is 1. The highest BCUT2D eigenvalue weighted by Gasteiger charge is 2.25. The predicted molar refractivity (Wildman–Crippen MR) is 109 cm³/mol. The second kappa shape index (κ2) is 7.64. The number of hydrogen-bond acceptors (Lipinski definition) is 5. The number of aryl methyl sites for hydroxylation is 1. The molecule has 1 aliphatic carbocycles. The molecule has 0 fully saturated rings. The number of nitrogens with one attached hydrogen (secondary N) is 5. The molecule has 2 heterocycles. The average molecular weight is 376 g/mol. The van der Waals surface area contributed by atoms with Gasteiger partial charge in [0, 0.05) is 30.2 Å². The fraction of sp³-hybridized carbons (Fsp3) is 0.238. The highest BCUT2D eigenvalue weighted by atomic mass is 16.2. The van der Waals surface area contributed by atoms with Gasteiger partial charge in [-0.2, -0.15) is 0 Å². The Morgan fingerprint density at radius 3 is 2.96 bits per heavy atom. The summed E-state index contributed by atoms with van der Waals surface area (Å²) >= 11 is 0. The summed E-state index contributed by atoms with van der Waals surface area (Å²) in [5.74, 6) is 0.630. The minimum atomic E-state index is -0.229. The molecule has 1 aromatic carbocycles. The zero-order chi connectivity index (χ0) is 19.5. The summed E-state index contributed by atoms with van der Waals surface area (Å²) in [6.07, 6.45) is 10.4. The maximum absolute atomic E-state index is 12.5. The Labute approximate surface area is 164 Å². The monoisotopic (exact) mass is 376 g/mol. The van der Waals surface area contributed by atoms with E-state index < -0.39 is 0 Å². The minimum Gasteiger partial charge on any atom is -0.404 e. The Kier molecular flexibility index (Phi) is 4.89. The third-order valence-electron chi connectivity index (χ3n) is 5.32. The van der Waals surface area contributed by atoms with E-state index in [0.29, 0.717) is 17.9 Å². The molecule has 2 aliphatic heterocycles. The molecule has 0 bridgehead atoms. The van der Waals surface area contributed by atoms with Crippen molar-refractivity contribution < 1.29 is 4.79 Å². The van der Waals surface area contributed by atoms with Crippen LogP contribution in [0.2, 0.25) is 0 Å². The predicted octanol–water partition coefficient (Wildman–Crippen LogP) is 1.69. The van der Waals surface area contributed by atoms with Gasteiger partial charge in [-0.05, 0) is 41.7 Å². The van der Waals surface area contributed by atoms with Crippen LogP contribution in [0.3, 0.4) is 0 Å². The van der Waals surface area contributed by atoms with Gasteiger partial charge in [-0.3, -0.25) is 5.32 Å². The number of hydrogen-bond donors (Lipinski definition) is 6. The van der Waals surface area contributed by atoms with Crippen LogP contribution < -0.4 is 27.0 Å². The number of allylic oxidation sites excluding steroid dienone is 2. The summed E-state index contributed by atoms with van der Waals surface area (Å²) in [6.45, 7) is 0.612. The van der Waals surface area contributed by atoms with E-state index in [9.17, 15) is 4.79 Å². The van der Waals surface area contributed by atoms with Crippen molar-refractivity contribution in [3.05, 3.63) is 82.5 Å². The summed E-state index contributed by atoms with van der Waals surface area (Å²) in [5.41, 5.74) is 10.7. The van der Waals surface area contributed by atoms with Crippen molar-refractivity contribution in [2.45, 2.75) is 24.9 Å². The van der Waals surface area contributed by atoms with E-state index in [1.54, 1.807) is 0 Å². The first kappa shape index (κ1) is 17.9. The molecule has 144 valence electrons. The van der Waals surface area contributed by atoms with Crippen molar-refractivity contribution in [3.63, 3.8) is 0 Å². The first-order chi connectivity index (χ1) is 13.7. The van der Waals surface area contributed by atoms with Crippen molar-refractivity contribution >= 4 is 12.2 Å². The van der Waals surface area contributed by atoms with Gasteiger partial charge in [0.2, 0.25) is 0 Å². The van der Waals surface area contributed by atoms with E-state index in [4.69, 9.17) is 11.1 Å². The van der Waals surface area contributed by atoms with E-state index in [1.165, 1.54) is 23.5 Å². The highest BCUT2D eigenvalue weighted by Crippen LogP contribution is 2.30. The van der Waals surface area contributed by atoms with E-state index in [0.717, 1.165) is 24.1 Å². The Hall–Kier alpha value is -3.48. The van der Waals surface area contributed by atoms with Gasteiger partial charge >= 0.3 is 6.03 Å². The minimum absolute atomic E-state index is 0.0409. The van der Waals surface area contributed by atoms with Gasteiger partial charge in [0.1, 0.15) is 5.82 Å². The summed E-state index contributed by atoms with van der Waals surface area (Å²) < 4.78 is 0. The molecular weight excluding hydrogens is 352 g/mol. The number of nitrogens with two attached hydrogens (primary N) is 1. The summed E-state index contributed by atoms with van der Waals surface area (Å²) in [6, 6.07) is 7.94. The van der Waals surface area contributed by atoms with Gasteiger partial charge in [-0.15, -0.1) is 0 Å². The molecule has 1 unspecified atom stereocenters. The van der Waals surface area contributed by atoms with Gasteiger partial charge in [0.25, 0.3) is 0 Å². The first-order valence-electron chi connectivity index (χ1n) is 9.39. The summed E-state index contributed by atoms with van der Waals surface area (Å²) in [5, 5.41) is 20.0. The number of rotatable bonds is 4. The number of amides is 2. The van der Waals surface area contributed by atoms with Gasteiger partial charge in [0.05, 0.1) is 12.1 Å². The number of fused-ring (bicyclic) bond motifs is 2. The van der Waals surface area contributed by atoms with Crippen molar-refractivity contribution in [2.24, 2.45) is 5.73 Å². The molecular formula is C21H24N6O. The van der Waals surface area contributed by atoms with Gasteiger partial charge in [0.15, 0.2) is 0 Å². The molecule has 2 atom stereocenters. The van der Waals surface area contributed by atoms with Crippen molar-refractivity contribution in [1.29, 1.82) is 5.41 Å². The molecule has 1 aromatic rings. The first-order valence-corrected chi connectivity index (χ1v) is 9.39. The molecule has 0 saturated heterocycles. The molecule has 7 heteroatoms. The third kappa shape index (κ3) is 3.51. The quantitative estimate of drug-likeness (QED) is 0.449. The van der Waals surface area contributed by atoms with Gasteiger partial charge < -0.3 is 27.1 Å². The lowest BCUT2D eigenvalue weighted by atomic mass is 9.97. The van der Waals surface area contributed by atoms with Crippen LogP contribution in [0.5, 0.6) is 0 Å². The molecule has 3 aliphatic rings. The highest BCUT2D eigenvalue weighted by molar-refractivity contribution is 5.82. The lowest BCUT2D eigenvalue weighted by molar-refractivity contribution is 0.238. The Morgan fingerprint density at radius 2 is 2.14 bits per heavy atom. The number of carbonyl (C=O) groups is 1.